The van der Waals surface area contributed by atoms with Gasteiger partial charge in [0, 0.05) is 5.69 Å². The van der Waals surface area contributed by atoms with Crippen molar-refractivity contribution in [1.29, 1.82) is 5.26 Å². The number of nitriles is 1. The van der Waals surface area contributed by atoms with Crippen molar-refractivity contribution in [2.45, 2.75) is 6.92 Å². The minimum atomic E-state index is -0.652. The zero-order chi connectivity index (χ0) is 18.9. The Morgan fingerprint density at radius 3 is 2.46 bits per heavy atom. The highest BCUT2D eigenvalue weighted by molar-refractivity contribution is 5.95. The third-order valence-corrected chi connectivity index (χ3v) is 3.33. The van der Waals surface area contributed by atoms with Crippen molar-refractivity contribution in [3.8, 4) is 17.6 Å². The Balaban J connectivity index is 1.93. The first-order chi connectivity index (χ1) is 12.6. The maximum absolute atomic E-state index is 12.1. The first-order valence-corrected chi connectivity index (χ1v) is 7.85. The van der Waals surface area contributed by atoms with Gasteiger partial charge in [0.1, 0.15) is 0 Å². The molecule has 134 valence electrons. The van der Waals surface area contributed by atoms with Crippen LogP contribution in [0.4, 0.5) is 5.69 Å². The van der Waals surface area contributed by atoms with E-state index in [1.807, 2.05) is 13.0 Å². The van der Waals surface area contributed by atoms with E-state index in [-0.39, 0.29) is 5.56 Å². The highest BCUT2D eigenvalue weighted by Crippen LogP contribution is 2.28. The molecule has 0 heterocycles. The van der Waals surface area contributed by atoms with E-state index in [4.69, 9.17) is 19.5 Å². The Labute approximate surface area is 151 Å². The minimum absolute atomic E-state index is 0.247. The van der Waals surface area contributed by atoms with Crippen LogP contribution in [0.5, 0.6) is 11.5 Å². The fraction of sp³-hybridized carbons (Fsp3) is 0.211. The van der Waals surface area contributed by atoms with Gasteiger partial charge in [-0.3, -0.25) is 4.79 Å². The van der Waals surface area contributed by atoms with Gasteiger partial charge in [0.05, 0.1) is 30.9 Å². The van der Waals surface area contributed by atoms with E-state index < -0.39 is 18.5 Å². The van der Waals surface area contributed by atoms with Crippen LogP contribution in [0.15, 0.2) is 42.5 Å². The summed E-state index contributed by atoms with van der Waals surface area (Å²) < 4.78 is 15.6. The van der Waals surface area contributed by atoms with Crippen LogP contribution in [0.1, 0.15) is 22.8 Å². The van der Waals surface area contributed by atoms with E-state index in [9.17, 15) is 9.59 Å². The molecule has 0 aliphatic rings. The lowest BCUT2D eigenvalue weighted by atomic mass is 10.2. The molecule has 2 aromatic carbocycles. The van der Waals surface area contributed by atoms with Gasteiger partial charge in [0.25, 0.3) is 5.91 Å². The second kappa shape index (κ2) is 9.08. The van der Waals surface area contributed by atoms with Crippen molar-refractivity contribution in [3.05, 3.63) is 53.6 Å². The molecule has 0 aromatic heterocycles. The molecule has 1 amide bonds. The Morgan fingerprint density at radius 1 is 1.12 bits per heavy atom. The van der Waals surface area contributed by atoms with Crippen LogP contribution in [0.2, 0.25) is 0 Å². The second-order valence-electron chi connectivity index (χ2n) is 5.11. The molecule has 1 N–H and O–H groups in total. The molecule has 7 heteroatoms. The summed E-state index contributed by atoms with van der Waals surface area (Å²) in [5, 5.41) is 11.3. The standard InChI is InChI=1S/C19H18N2O5/c1-3-25-16-9-6-14(10-17(16)24-2)19(23)26-12-18(22)21-15-7-4-13(11-20)5-8-15/h4-10H,3,12H2,1-2H3,(H,21,22). The maximum atomic E-state index is 12.1. The summed E-state index contributed by atoms with van der Waals surface area (Å²) in [5.41, 5.74) is 1.24. The first kappa shape index (κ1) is 18.8. The summed E-state index contributed by atoms with van der Waals surface area (Å²) in [5.74, 6) is -0.212. The van der Waals surface area contributed by atoms with Gasteiger partial charge in [-0.2, -0.15) is 5.26 Å². The molecule has 26 heavy (non-hydrogen) atoms. The van der Waals surface area contributed by atoms with E-state index in [2.05, 4.69) is 5.32 Å². The molecule has 0 spiro atoms. The van der Waals surface area contributed by atoms with Gasteiger partial charge in [-0.15, -0.1) is 0 Å². The molecule has 0 atom stereocenters. The third-order valence-electron chi connectivity index (χ3n) is 3.33. The van der Waals surface area contributed by atoms with Gasteiger partial charge >= 0.3 is 5.97 Å². The van der Waals surface area contributed by atoms with Gasteiger partial charge in [0.15, 0.2) is 18.1 Å². The van der Waals surface area contributed by atoms with Crippen molar-refractivity contribution >= 4 is 17.6 Å². The molecule has 0 saturated heterocycles. The first-order valence-electron chi connectivity index (χ1n) is 7.85. The summed E-state index contributed by atoms with van der Waals surface area (Å²) in [6, 6.07) is 13.0. The number of anilines is 1. The van der Waals surface area contributed by atoms with Crippen molar-refractivity contribution in [3.63, 3.8) is 0 Å². The molecule has 0 aliphatic heterocycles. The number of carbonyl (C=O) groups excluding carboxylic acids is 2. The van der Waals surface area contributed by atoms with Gasteiger partial charge in [-0.25, -0.2) is 4.79 Å². The predicted octanol–water partition coefficient (Wildman–Crippen LogP) is 2.76. The Kier molecular flexibility index (Phi) is 6.57. The van der Waals surface area contributed by atoms with Crippen molar-refractivity contribution in [2.75, 3.05) is 25.6 Å². The van der Waals surface area contributed by atoms with Crippen LogP contribution in [0.25, 0.3) is 0 Å². The van der Waals surface area contributed by atoms with Crippen LogP contribution in [0.3, 0.4) is 0 Å². The zero-order valence-electron chi connectivity index (χ0n) is 14.4. The minimum Gasteiger partial charge on any atom is -0.493 e. The van der Waals surface area contributed by atoms with E-state index in [1.165, 1.54) is 19.2 Å². The summed E-state index contributed by atoms with van der Waals surface area (Å²) in [7, 11) is 1.47. The van der Waals surface area contributed by atoms with E-state index >= 15 is 0 Å². The van der Waals surface area contributed by atoms with Gasteiger partial charge < -0.3 is 19.5 Å². The fourth-order valence-corrected chi connectivity index (χ4v) is 2.11. The normalized spacial score (nSPS) is 9.73. The van der Waals surface area contributed by atoms with E-state index in [0.29, 0.717) is 29.4 Å². The number of methoxy groups -OCH3 is 1. The lowest BCUT2D eigenvalue weighted by Gasteiger charge is -2.11. The molecule has 0 unspecified atom stereocenters. The average Bonchev–Trinajstić information content (AvgIpc) is 2.67. The quantitative estimate of drug-likeness (QED) is 0.768. The van der Waals surface area contributed by atoms with E-state index in [0.717, 1.165) is 0 Å². The van der Waals surface area contributed by atoms with Crippen molar-refractivity contribution in [2.24, 2.45) is 0 Å². The summed E-state index contributed by atoms with van der Waals surface area (Å²) in [6.45, 7) is 1.87. The molecule has 7 nitrogen and oxygen atoms in total. The van der Waals surface area contributed by atoms with Crippen LogP contribution in [0, 0.1) is 11.3 Å². The summed E-state index contributed by atoms with van der Waals surface area (Å²) in [6.07, 6.45) is 0. The molecule has 0 fully saturated rings. The Bertz CT molecular complexity index is 825. The van der Waals surface area contributed by atoms with Gasteiger partial charge in [-0.1, -0.05) is 0 Å². The SMILES string of the molecule is CCOc1ccc(C(=O)OCC(=O)Nc2ccc(C#N)cc2)cc1OC. The largest absolute Gasteiger partial charge is 0.493 e. The molecule has 2 rings (SSSR count). The van der Waals surface area contributed by atoms with Crippen molar-refractivity contribution < 1.29 is 23.8 Å². The smallest absolute Gasteiger partial charge is 0.338 e. The number of rotatable bonds is 7. The third kappa shape index (κ3) is 4.98. The van der Waals surface area contributed by atoms with Crippen LogP contribution in [-0.2, 0) is 9.53 Å². The fourth-order valence-electron chi connectivity index (χ4n) is 2.11. The summed E-state index contributed by atoms with van der Waals surface area (Å²) in [4.78, 5) is 24.0. The van der Waals surface area contributed by atoms with Gasteiger partial charge in [-0.05, 0) is 49.4 Å². The molecule has 0 aliphatic carbocycles. The Hall–Kier alpha value is -3.53. The average molecular weight is 354 g/mol. The molecular weight excluding hydrogens is 336 g/mol. The number of ether oxygens (including phenoxy) is 3. The molecule has 2 aromatic rings. The maximum Gasteiger partial charge on any atom is 0.338 e. The number of amides is 1. The topological polar surface area (TPSA) is 97.6 Å². The lowest BCUT2D eigenvalue weighted by molar-refractivity contribution is -0.119. The molecular formula is C19H18N2O5. The number of nitrogens with zero attached hydrogens (tertiary/aromatic N) is 1. The molecule has 0 radical (unpaired) electrons. The highest BCUT2D eigenvalue weighted by Gasteiger charge is 2.14. The molecule has 0 bridgehead atoms. The lowest BCUT2D eigenvalue weighted by Crippen LogP contribution is -2.21. The van der Waals surface area contributed by atoms with Crippen LogP contribution >= 0.6 is 0 Å². The van der Waals surface area contributed by atoms with Crippen LogP contribution in [-0.4, -0.2) is 32.2 Å². The van der Waals surface area contributed by atoms with Crippen molar-refractivity contribution in [1.82, 2.24) is 0 Å². The number of carbonyl (C=O) groups is 2. The Morgan fingerprint density at radius 2 is 1.85 bits per heavy atom. The highest BCUT2D eigenvalue weighted by atomic mass is 16.5. The number of hydrogen-bond donors (Lipinski definition) is 1. The molecule has 0 saturated carbocycles. The number of benzene rings is 2. The monoisotopic (exact) mass is 354 g/mol. The predicted molar refractivity (Wildman–Crippen MR) is 94.2 cm³/mol. The van der Waals surface area contributed by atoms with Gasteiger partial charge in [0.2, 0.25) is 0 Å². The zero-order valence-corrected chi connectivity index (χ0v) is 14.4. The summed E-state index contributed by atoms with van der Waals surface area (Å²) >= 11 is 0. The van der Waals surface area contributed by atoms with E-state index in [1.54, 1.807) is 30.3 Å². The number of nitrogens with one attached hydrogen (secondary N) is 1. The number of esters is 1. The number of hydrogen-bond acceptors (Lipinski definition) is 6. The van der Waals surface area contributed by atoms with Crippen LogP contribution < -0.4 is 14.8 Å². The second-order valence-corrected chi connectivity index (χ2v) is 5.11.